The van der Waals surface area contributed by atoms with Crippen molar-refractivity contribution in [3.8, 4) is 0 Å². The molecule has 8 amide bonds. The van der Waals surface area contributed by atoms with Gasteiger partial charge in [-0.1, -0.05) is 74.5 Å². The standard InChI is InChI=1S/C37H53N9O9S/c1-22(2)17-26(33(51)42-25(32(38)50)15-16-56-4)41-30(47)21-40-35(53)29(19-24-13-9-6-10-14-24)46(3)36(54)28(18-23-11-7-5-8-12-23)43-34(52)27(20-31(48)49)44-37(55)45-39/h5-14,22,25-29H,15-21,39H2,1-4H3,(H2,38,50)(H,40,53)(H,41,47)(H,42,51)(H,43,52)(H,48,49)(H2,44,45,55)/t25-,26-,27-,28-,29-/m0/s1. The van der Waals surface area contributed by atoms with Gasteiger partial charge in [0.05, 0.1) is 13.0 Å². The Balaban J connectivity index is 2.35. The Morgan fingerprint density at radius 2 is 1.30 bits per heavy atom. The van der Waals surface area contributed by atoms with Crippen LogP contribution in [0, 0.1) is 5.92 Å². The zero-order valence-electron chi connectivity index (χ0n) is 31.9. The van der Waals surface area contributed by atoms with Gasteiger partial charge in [-0.25, -0.2) is 10.6 Å². The van der Waals surface area contributed by atoms with Gasteiger partial charge in [0, 0.05) is 19.9 Å². The van der Waals surface area contributed by atoms with Crippen molar-refractivity contribution < 1.29 is 43.5 Å². The highest BCUT2D eigenvalue weighted by atomic mass is 32.2. The highest BCUT2D eigenvalue weighted by Gasteiger charge is 2.35. The van der Waals surface area contributed by atoms with E-state index in [1.54, 1.807) is 66.1 Å². The molecular formula is C37H53N9O9S. The Kier molecular flexibility index (Phi) is 19.9. The third kappa shape index (κ3) is 16.4. The van der Waals surface area contributed by atoms with Gasteiger partial charge in [0.2, 0.25) is 35.4 Å². The van der Waals surface area contributed by atoms with Crippen LogP contribution < -0.4 is 43.6 Å². The highest BCUT2D eigenvalue weighted by Crippen LogP contribution is 2.14. The van der Waals surface area contributed by atoms with E-state index < -0.39 is 90.6 Å². The Morgan fingerprint density at radius 1 is 0.750 bits per heavy atom. The van der Waals surface area contributed by atoms with Crippen LogP contribution in [0.4, 0.5) is 4.79 Å². The molecule has 2 rings (SSSR count). The number of hydrogen-bond acceptors (Lipinski definition) is 10. The Bertz CT molecular complexity index is 1650. The molecule has 0 radical (unpaired) electrons. The molecule has 5 atom stereocenters. The number of urea groups is 1. The lowest BCUT2D eigenvalue weighted by Crippen LogP contribution is -2.59. The molecule has 2 aromatic rings. The van der Waals surface area contributed by atoms with Crippen LogP contribution in [0.1, 0.15) is 44.2 Å². The monoisotopic (exact) mass is 799 g/mol. The summed E-state index contributed by atoms with van der Waals surface area (Å²) in [5, 5.41) is 21.8. The number of hydrazine groups is 1. The highest BCUT2D eigenvalue weighted by molar-refractivity contribution is 7.98. The minimum Gasteiger partial charge on any atom is -0.481 e. The molecule has 0 saturated heterocycles. The number of nitrogens with one attached hydrogen (secondary N) is 6. The smallest absolute Gasteiger partial charge is 0.329 e. The molecule has 0 aliphatic carbocycles. The fraction of sp³-hybridized carbons (Fsp3) is 0.459. The van der Waals surface area contributed by atoms with Crippen LogP contribution in [0.5, 0.6) is 0 Å². The van der Waals surface area contributed by atoms with Gasteiger partial charge in [0.25, 0.3) is 0 Å². The average Bonchev–Trinajstić information content (AvgIpc) is 3.16. The van der Waals surface area contributed by atoms with Crippen LogP contribution in [0.15, 0.2) is 60.7 Å². The van der Waals surface area contributed by atoms with Crippen molar-refractivity contribution >= 4 is 59.2 Å². The first kappa shape index (κ1) is 46.5. The van der Waals surface area contributed by atoms with E-state index in [1.807, 2.05) is 20.1 Å². The fourth-order valence-corrected chi connectivity index (χ4v) is 6.05. The second kappa shape index (κ2) is 24.0. The summed E-state index contributed by atoms with van der Waals surface area (Å²) in [7, 11) is 1.35. The number of carboxylic acids is 1. The van der Waals surface area contributed by atoms with Crippen molar-refractivity contribution in [1.29, 1.82) is 0 Å². The van der Waals surface area contributed by atoms with E-state index >= 15 is 0 Å². The van der Waals surface area contributed by atoms with Gasteiger partial charge in [-0.2, -0.15) is 11.8 Å². The molecule has 0 heterocycles. The molecule has 2 aromatic carbocycles. The topological polar surface area (TPSA) is 284 Å². The minimum atomic E-state index is -1.62. The third-order valence-corrected chi connectivity index (χ3v) is 9.12. The van der Waals surface area contributed by atoms with E-state index in [4.69, 9.17) is 11.6 Å². The molecule has 18 nitrogen and oxygen atoms in total. The number of amides is 8. The summed E-state index contributed by atoms with van der Waals surface area (Å²) in [6, 6.07) is 10.1. The summed E-state index contributed by atoms with van der Waals surface area (Å²) in [6.07, 6.45) is 1.46. The number of carbonyl (C=O) groups excluding carboxylic acids is 7. The predicted molar refractivity (Wildman–Crippen MR) is 209 cm³/mol. The van der Waals surface area contributed by atoms with E-state index in [1.165, 1.54) is 18.8 Å². The summed E-state index contributed by atoms with van der Waals surface area (Å²) >= 11 is 1.48. The first-order valence-corrected chi connectivity index (χ1v) is 19.2. The quantitative estimate of drug-likeness (QED) is 0.0380. The normalized spacial score (nSPS) is 13.5. The Morgan fingerprint density at radius 3 is 1.82 bits per heavy atom. The molecule has 56 heavy (non-hydrogen) atoms. The largest absolute Gasteiger partial charge is 0.481 e. The van der Waals surface area contributed by atoms with Crippen molar-refractivity contribution in [1.82, 2.24) is 36.9 Å². The van der Waals surface area contributed by atoms with E-state index in [9.17, 15) is 43.5 Å². The maximum atomic E-state index is 14.2. The number of hydrogen-bond donors (Lipinski definition) is 9. The van der Waals surface area contributed by atoms with Crippen molar-refractivity contribution in [3.63, 3.8) is 0 Å². The fourth-order valence-electron chi connectivity index (χ4n) is 5.58. The van der Waals surface area contributed by atoms with Gasteiger partial charge in [-0.15, -0.1) is 0 Å². The molecule has 0 aliphatic heterocycles. The van der Waals surface area contributed by atoms with Gasteiger partial charge < -0.3 is 42.3 Å². The number of nitrogens with two attached hydrogens (primary N) is 2. The first-order chi connectivity index (χ1) is 26.6. The maximum absolute atomic E-state index is 14.2. The molecular weight excluding hydrogens is 747 g/mol. The van der Waals surface area contributed by atoms with E-state index in [-0.39, 0.29) is 25.2 Å². The maximum Gasteiger partial charge on any atom is 0.329 e. The van der Waals surface area contributed by atoms with E-state index in [0.717, 1.165) is 4.90 Å². The molecule has 0 spiro atoms. The summed E-state index contributed by atoms with van der Waals surface area (Å²) in [4.78, 5) is 104. The van der Waals surface area contributed by atoms with Gasteiger partial charge >= 0.3 is 12.0 Å². The van der Waals surface area contributed by atoms with Crippen molar-refractivity contribution in [2.75, 3.05) is 25.6 Å². The number of likely N-dealkylation sites (N-methyl/N-ethyl adjacent to an activating group) is 1. The van der Waals surface area contributed by atoms with Crippen LogP contribution >= 0.6 is 11.8 Å². The molecule has 0 fully saturated rings. The number of carboxylic acid groups (broad SMARTS) is 1. The average molecular weight is 800 g/mol. The van der Waals surface area contributed by atoms with Crippen molar-refractivity contribution in [2.45, 2.75) is 76.2 Å². The van der Waals surface area contributed by atoms with Gasteiger partial charge in [-0.3, -0.25) is 39.0 Å². The predicted octanol–water partition coefficient (Wildman–Crippen LogP) is -0.830. The Hall–Kier alpha value is -5.69. The van der Waals surface area contributed by atoms with E-state index in [2.05, 4.69) is 26.6 Å². The Labute approximate surface area is 330 Å². The molecule has 306 valence electrons. The van der Waals surface area contributed by atoms with Crippen LogP contribution in [0.2, 0.25) is 0 Å². The summed E-state index contributed by atoms with van der Waals surface area (Å²) in [5.74, 6) is -0.257. The summed E-state index contributed by atoms with van der Waals surface area (Å²) < 4.78 is 0. The van der Waals surface area contributed by atoms with Gasteiger partial charge in [0.1, 0.15) is 30.2 Å². The second-order valence-corrected chi connectivity index (χ2v) is 14.4. The van der Waals surface area contributed by atoms with Crippen LogP contribution in [0.3, 0.4) is 0 Å². The molecule has 11 N–H and O–H groups in total. The van der Waals surface area contributed by atoms with Gasteiger partial charge in [0.15, 0.2) is 0 Å². The number of primary amides is 1. The number of benzene rings is 2. The molecule has 0 aromatic heterocycles. The molecule has 0 aliphatic rings. The van der Waals surface area contributed by atoms with Crippen LogP contribution in [-0.2, 0) is 46.4 Å². The van der Waals surface area contributed by atoms with Crippen molar-refractivity contribution in [3.05, 3.63) is 71.8 Å². The van der Waals surface area contributed by atoms with Gasteiger partial charge in [-0.05, 0) is 41.9 Å². The third-order valence-electron chi connectivity index (χ3n) is 8.47. The first-order valence-electron chi connectivity index (χ1n) is 17.9. The molecule has 0 saturated carbocycles. The number of rotatable bonds is 23. The number of aliphatic carboxylic acids is 1. The molecule has 0 unspecified atom stereocenters. The SMILES string of the molecule is CSCC[C@H](NC(=O)[C@H](CC(C)C)NC(=O)CNC(=O)[C@H](Cc1ccccc1)N(C)C(=O)[C@H](Cc1ccccc1)NC(=O)[C@H](CC(=O)O)NC(=O)NN)C(N)=O. The number of nitrogens with zero attached hydrogens (tertiary/aromatic N) is 1. The lowest BCUT2D eigenvalue weighted by Gasteiger charge is -2.32. The molecule has 19 heteroatoms. The van der Waals surface area contributed by atoms with Crippen molar-refractivity contribution in [2.24, 2.45) is 17.5 Å². The number of carbonyl (C=O) groups is 8. The van der Waals surface area contributed by atoms with Crippen LogP contribution in [-0.4, -0.2) is 113 Å². The lowest BCUT2D eigenvalue weighted by atomic mass is 10.0. The lowest BCUT2D eigenvalue weighted by molar-refractivity contribution is -0.143. The zero-order valence-corrected chi connectivity index (χ0v) is 32.7. The number of thioether (sulfide) groups is 1. The minimum absolute atomic E-state index is 0.00860. The zero-order chi connectivity index (χ0) is 41.8. The van der Waals surface area contributed by atoms with Crippen LogP contribution in [0.25, 0.3) is 0 Å². The summed E-state index contributed by atoms with van der Waals surface area (Å²) in [5.41, 5.74) is 8.53. The second-order valence-electron chi connectivity index (χ2n) is 13.4. The molecule has 0 bridgehead atoms. The van der Waals surface area contributed by atoms with E-state index in [0.29, 0.717) is 23.3 Å². The summed E-state index contributed by atoms with van der Waals surface area (Å²) in [6.45, 7) is 3.12.